The first kappa shape index (κ1) is 30.2. The smallest absolute Gasteiger partial charge is 0.243 e. The largest absolute Gasteiger partial charge is 0.390 e. The minimum atomic E-state index is -4.25. The molecular formula is C29H40F2N2O4S. The molecule has 0 bridgehead atoms. The van der Waals surface area contributed by atoms with E-state index in [1.807, 2.05) is 51.1 Å². The molecule has 1 saturated carbocycles. The van der Waals surface area contributed by atoms with Crippen molar-refractivity contribution in [3.05, 3.63) is 65.7 Å². The first-order valence-electron chi connectivity index (χ1n) is 13.5. The quantitative estimate of drug-likeness (QED) is 0.387. The number of amides is 1. The van der Waals surface area contributed by atoms with Crippen molar-refractivity contribution in [1.82, 2.24) is 9.62 Å². The lowest BCUT2D eigenvalue weighted by molar-refractivity contribution is -0.135. The van der Waals surface area contributed by atoms with Gasteiger partial charge in [0.05, 0.1) is 17.0 Å². The van der Waals surface area contributed by atoms with E-state index in [0.717, 1.165) is 54.1 Å². The van der Waals surface area contributed by atoms with Gasteiger partial charge < -0.3 is 10.4 Å². The van der Waals surface area contributed by atoms with Gasteiger partial charge in [0.2, 0.25) is 15.9 Å². The van der Waals surface area contributed by atoms with E-state index in [1.54, 1.807) is 0 Å². The van der Waals surface area contributed by atoms with Crippen LogP contribution in [-0.4, -0.2) is 49.0 Å². The van der Waals surface area contributed by atoms with Crippen molar-refractivity contribution in [3.8, 4) is 0 Å². The third kappa shape index (κ3) is 7.39. The van der Waals surface area contributed by atoms with Crippen LogP contribution >= 0.6 is 0 Å². The number of hydrogen-bond acceptors (Lipinski definition) is 4. The molecule has 1 amide bonds. The van der Waals surface area contributed by atoms with E-state index in [-0.39, 0.29) is 29.8 Å². The van der Waals surface area contributed by atoms with Crippen LogP contribution in [0.3, 0.4) is 0 Å². The number of benzene rings is 2. The number of nitrogens with one attached hydrogen (secondary N) is 1. The lowest BCUT2D eigenvalue weighted by Crippen LogP contribution is -2.54. The van der Waals surface area contributed by atoms with E-state index in [0.29, 0.717) is 18.9 Å². The van der Waals surface area contributed by atoms with Crippen LogP contribution in [0.2, 0.25) is 0 Å². The van der Waals surface area contributed by atoms with Gasteiger partial charge in [-0.15, -0.1) is 0 Å². The molecule has 210 valence electrons. The first-order valence-corrected chi connectivity index (χ1v) is 14.9. The summed E-state index contributed by atoms with van der Waals surface area (Å²) in [5.74, 6) is -2.62. The summed E-state index contributed by atoms with van der Waals surface area (Å²) in [6, 6.07) is 11.1. The summed E-state index contributed by atoms with van der Waals surface area (Å²) in [4.78, 5) is 13.2. The highest BCUT2D eigenvalue weighted by molar-refractivity contribution is 7.89. The van der Waals surface area contributed by atoms with E-state index < -0.39 is 39.2 Å². The van der Waals surface area contributed by atoms with Gasteiger partial charge in [0.25, 0.3) is 0 Å². The molecule has 0 heterocycles. The highest BCUT2D eigenvalue weighted by atomic mass is 32.2. The summed E-state index contributed by atoms with van der Waals surface area (Å²) in [5, 5.41) is 14.5. The van der Waals surface area contributed by atoms with Gasteiger partial charge in [-0.25, -0.2) is 17.2 Å². The average molecular weight is 551 g/mol. The monoisotopic (exact) mass is 550 g/mol. The normalized spacial score (nSPS) is 17.4. The highest BCUT2D eigenvalue weighted by Gasteiger charge is 2.40. The molecule has 0 radical (unpaired) electrons. The topological polar surface area (TPSA) is 86.7 Å². The summed E-state index contributed by atoms with van der Waals surface area (Å²) in [7, 11) is -4.25. The lowest BCUT2D eigenvalue weighted by atomic mass is 9.71. The van der Waals surface area contributed by atoms with Gasteiger partial charge in [-0.2, -0.15) is 4.31 Å². The van der Waals surface area contributed by atoms with Crippen LogP contribution in [-0.2, 0) is 21.2 Å². The molecule has 38 heavy (non-hydrogen) atoms. The maximum Gasteiger partial charge on any atom is 0.243 e. The minimum absolute atomic E-state index is 0.0588. The van der Waals surface area contributed by atoms with Gasteiger partial charge in [-0.05, 0) is 55.4 Å². The summed E-state index contributed by atoms with van der Waals surface area (Å²) >= 11 is 0. The van der Waals surface area contributed by atoms with Gasteiger partial charge in [-0.3, -0.25) is 4.79 Å². The van der Waals surface area contributed by atoms with Crippen molar-refractivity contribution in [1.29, 1.82) is 0 Å². The SMILES string of the molecule is CCC1(C(=O)NC(Cc2ccccc2)C(O)CN(CC(C)C)S(=O)(=O)c2ccc(F)c(F)c2)CCCCC1. The molecule has 0 saturated heterocycles. The summed E-state index contributed by atoms with van der Waals surface area (Å²) in [6.07, 6.45) is 4.38. The van der Waals surface area contributed by atoms with E-state index in [4.69, 9.17) is 0 Å². The Morgan fingerprint density at radius 1 is 1.03 bits per heavy atom. The summed E-state index contributed by atoms with van der Waals surface area (Å²) in [5.41, 5.74) is 0.396. The fourth-order valence-corrected chi connectivity index (χ4v) is 6.88. The zero-order valence-electron chi connectivity index (χ0n) is 22.5. The number of aliphatic hydroxyl groups excluding tert-OH is 1. The van der Waals surface area contributed by atoms with Gasteiger partial charge >= 0.3 is 0 Å². The number of sulfonamides is 1. The molecule has 2 atom stereocenters. The molecule has 9 heteroatoms. The van der Waals surface area contributed by atoms with Crippen molar-refractivity contribution in [2.75, 3.05) is 13.1 Å². The Balaban J connectivity index is 1.90. The molecule has 2 aromatic carbocycles. The third-order valence-electron chi connectivity index (χ3n) is 7.54. The zero-order chi connectivity index (χ0) is 27.9. The molecule has 6 nitrogen and oxygen atoms in total. The second kappa shape index (κ2) is 13.1. The van der Waals surface area contributed by atoms with Crippen molar-refractivity contribution in [2.45, 2.75) is 82.8 Å². The molecule has 1 aliphatic rings. The second-order valence-corrected chi connectivity index (χ2v) is 12.8. The lowest BCUT2D eigenvalue weighted by Gasteiger charge is -2.38. The Morgan fingerprint density at radius 2 is 1.68 bits per heavy atom. The van der Waals surface area contributed by atoms with Crippen LogP contribution in [0.25, 0.3) is 0 Å². The number of carbonyl (C=O) groups excluding carboxylic acids is 1. The molecule has 1 fully saturated rings. The van der Waals surface area contributed by atoms with Crippen molar-refractivity contribution in [2.24, 2.45) is 11.3 Å². The number of carbonyl (C=O) groups is 1. The molecule has 2 aromatic rings. The van der Waals surface area contributed by atoms with Crippen LogP contribution in [0.5, 0.6) is 0 Å². The highest BCUT2D eigenvalue weighted by Crippen LogP contribution is 2.39. The second-order valence-electron chi connectivity index (χ2n) is 10.8. The Morgan fingerprint density at radius 3 is 2.26 bits per heavy atom. The Hall–Kier alpha value is -2.36. The van der Waals surface area contributed by atoms with Crippen molar-refractivity contribution in [3.63, 3.8) is 0 Å². The van der Waals surface area contributed by atoms with Gasteiger partial charge in [0, 0.05) is 18.5 Å². The number of hydrogen-bond donors (Lipinski definition) is 2. The summed E-state index contributed by atoms with van der Waals surface area (Å²) in [6.45, 7) is 5.42. The first-order chi connectivity index (χ1) is 18.0. The molecule has 2 unspecified atom stereocenters. The Kier molecular flexibility index (Phi) is 10.4. The van der Waals surface area contributed by atoms with Crippen LogP contribution in [0.15, 0.2) is 53.4 Å². The number of halogens is 2. The number of rotatable bonds is 12. The van der Waals surface area contributed by atoms with E-state index in [1.165, 1.54) is 0 Å². The average Bonchev–Trinajstić information content (AvgIpc) is 2.90. The van der Waals surface area contributed by atoms with E-state index in [2.05, 4.69) is 5.32 Å². The molecule has 3 rings (SSSR count). The zero-order valence-corrected chi connectivity index (χ0v) is 23.3. The fourth-order valence-electron chi connectivity index (χ4n) is 5.24. The maximum atomic E-state index is 13.9. The Bertz CT molecular complexity index is 1170. The molecule has 1 aliphatic carbocycles. The van der Waals surface area contributed by atoms with Crippen LogP contribution in [0.1, 0.15) is 64.9 Å². The predicted molar refractivity (Wildman–Crippen MR) is 144 cm³/mol. The minimum Gasteiger partial charge on any atom is -0.390 e. The van der Waals surface area contributed by atoms with Crippen LogP contribution in [0.4, 0.5) is 8.78 Å². The van der Waals surface area contributed by atoms with Gasteiger partial charge in [0.15, 0.2) is 11.6 Å². The standard InChI is InChI=1S/C29H40F2N2O4S/c1-4-29(15-9-6-10-16-29)28(35)32-26(17-22-11-7-5-8-12-22)27(34)20-33(19-21(2)3)38(36,37)23-13-14-24(30)25(31)18-23/h5,7-8,11-14,18,21,26-27,34H,4,6,9-10,15-17,19-20H2,1-3H3,(H,32,35). The third-order valence-corrected chi connectivity index (χ3v) is 9.36. The van der Waals surface area contributed by atoms with Crippen LogP contribution in [0, 0.1) is 23.0 Å². The van der Waals surface area contributed by atoms with Gasteiger partial charge in [-0.1, -0.05) is 70.4 Å². The molecule has 0 aromatic heterocycles. The molecule has 0 spiro atoms. The van der Waals surface area contributed by atoms with E-state index >= 15 is 0 Å². The fraction of sp³-hybridized carbons (Fsp3) is 0.552. The predicted octanol–water partition coefficient (Wildman–Crippen LogP) is 5.06. The Labute approximate surface area is 225 Å². The molecule has 2 N–H and O–H groups in total. The summed E-state index contributed by atoms with van der Waals surface area (Å²) < 4.78 is 55.4. The van der Waals surface area contributed by atoms with E-state index in [9.17, 15) is 27.1 Å². The molecule has 0 aliphatic heterocycles. The van der Waals surface area contributed by atoms with Gasteiger partial charge in [0.1, 0.15) is 0 Å². The van der Waals surface area contributed by atoms with Crippen molar-refractivity contribution < 1.29 is 27.1 Å². The van der Waals surface area contributed by atoms with Crippen molar-refractivity contribution >= 4 is 15.9 Å². The molecular weight excluding hydrogens is 510 g/mol. The van der Waals surface area contributed by atoms with Crippen LogP contribution < -0.4 is 5.32 Å². The number of nitrogens with zero attached hydrogens (tertiary/aromatic N) is 1. The number of aliphatic hydroxyl groups is 1. The maximum absolute atomic E-state index is 13.9.